The fourth-order valence-electron chi connectivity index (χ4n) is 5.87. The molecule has 2 N–H and O–H groups in total. The van der Waals surface area contributed by atoms with Gasteiger partial charge in [0, 0.05) is 42.8 Å². The third kappa shape index (κ3) is 3.57. The number of amides is 1. The molecule has 0 radical (unpaired) electrons. The monoisotopic (exact) mass is 409 g/mol. The molecule has 4 heteroatoms. The van der Waals surface area contributed by atoms with E-state index in [1.54, 1.807) is 0 Å². The Morgan fingerprint density at radius 2 is 1.93 bits per heavy atom. The third-order valence-corrected chi connectivity index (χ3v) is 8.09. The van der Waals surface area contributed by atoms with Crippen LogP contribution in [-0.2, 0) is 4.79 Å². The second-order valence-corrected chi connectivity index (χ2v) is 10.1. The largest absolute Gasteiger partial charge is 0.384 e. The highest BCUT2D eigenvalue weighted by Gasteiger charge is 2.40. The smallest absolute Gasteiger partial charge is 0.231 e. The molecule has 164 valence electrons. The predicted molar refractivity (Wildman–Crippen MR) is 126 cm³/mol. The van der Waals surface area contributed by atoms with Gasteiger partial charge in [0.25, 0.3) is 0 Å². The van der Waals surface area contributed by atoms with Crippen LogP contribution in [0.3, 0.4) is 0 Å². The number of benzene rings is 1. The molecular weight excluding hydrogens is 370 g/mol. The molecule has 0 saturated carbocycles. The van der Waals surface area contributed by atoms with E-state index in [2.05, 4.69) is 81.4 Å². The molecular formula is C26H39N3O. The maximum atomic E-state index is 13.8. The summed E-state index contributed by atoms with van der Waals surface area (Å²) in [5.41, 5.74) is 5.43. The number of fused-ring (bicyclic) bond motifs is 2. The lowest BCUT2D eigenvalue weighted by Gasteiger charge is -2.42. The first kappa shape index (κ1) is 21.4. The van der Waals surface area contributed by atoms with Crippen molar-refractivity contribution in [3.05, 3.63) is 35.4 Å². The Morgan fingerprint density at radius 3 is 2.63 bits per heavy atom. The van der Waals surface area contributed by atoms with Crippen molar-refractivity contribution in [2.75, 3.05) is 18.4 Å². The molecule has 4 rings (SSSR count). The van der Waals surface area contributed by atoms with Crippen molar-refractivity contribution in [3.8, 4) is 0 Å². The van der Waals surface area contributed by atoms with E-state index in [1.165, 1.54) is 22.4 Å². The van der Waals surface area contributed by atoms with Gasteiger partial charge < -0.3 is 15.5 Å². The highest BCUT2D eigenvalue weighted by molar-refractivity contribution is 5.88. The number of hydrogen-bond donors (Lipinski definition) is 2. The second kappa shape index (κ2) is 8.37. The molecule has 6 atom stereocenters. The van der Waals surface area contributed by atoms with Crippen LogP contribution in [-0.4, -0.2) is 42.0 Å². The van der Waals surface area contributed by atoms with E-state index < -0.39 is 0 Å². The van der Waals surface area contributed by atoms with Crippen LogP contribution in [0.5, 0.6) is 0 Å². The molecule has 4 unspecified atom stereocenters. The van der Waals surface area contributed by atoms with Gasteiger partial charge in [0.2, 0.25) is 5.91 Å². The molecule has 1 aliphatic carbocycles. The van der Waals surface area contributed by atoms with E-state index >= 15 is 0 Å². The van der Waals surface area contributed by atoms with Crippen molar-refractivity contribution in [2.24, 2.45) is 17.8 Å². The van der Waals surface area contributed by atoms with Crippen LogP contribution < -0.4 is 10.6 Å². The number of carbonyl (C=O) groups is 1. The number of anilines is 1. The minimum atomic E-state index is -0.0907. The third-order valence-electron chi connectivity index (χ3n) is 8.09. The molecule has 4 nitrogen and oxygen atoms in total. The van der Waals surface area contributed by atoms with Crippen LogP contribution in [0.2, 0.25) is 0 Å². The molecule has 2 heterocycles. The zero-order valence-electron chi connectivity index (χ0n) is 19.5. The molecule has 0 bridgehead atoms. The fourth-order valence-corrected chi connectivity index (χ4v) is 5.87. The molecule has 0 fully saturated rings. The lowest BCUT2D eigenvalue weighted by atomic mass is 9.75. The van der Waals surface area contributed by atoms with Crippen LogP contribution >= 0.6 is 0 Å². The second-order valence-electron chi connectivity index (χ2n) is 10.1. The number of hydrogen-bond acceptors (Lipinski definition) is 3. The minimum Gasteiger partial charge on any atom is -0.384 e. The van der Waals surface area contributed by atoms with Crippen molar-refractivity contribution >= 4 is 17.2 Å². The summed E-state index contributed by atoms with van der Waals surface area (Å²) in [5.74, 6) is 1.86. The summed E-state index contributed by atoms with van der Waals surface area (Å²) in [6.07, 6.45) is 4.57. The summed E-state index contributed by atoms with van der Waals surface area (Å²) >= 11 is 0. The molecule has 30 heavy (non-hydrogen) atoms. The Morgan fingerprint density at radius 1 is 1.17 bits per heavy atom. The van der Waals surface area contributed by atoms with E-state index in [1.807, 2.05) is 0 Å². The van der Waals surface area contributed by atoms with Crippen LogP contribution in [0.15, 0.2) is 24.3 Å². The van der Waals surface area contributed by atoms with Gasteiger partial charge in [-0.2, -0.15) is 0 Å². The maximum absolute atomic E-state index is 13.8. The van der Waals surface area contributed by atoms with Gasteiger partial charge in [-0.15, -0.1) is 0 Å². The number of nitrogens with zero attached hydrogens (tertiary/aromatic N) is 1. The average molecular weight is 410 g/mol. The normalized spacial score (nSPS) is 27.4. The summed E-state index contributed by atoms with van der Waals surface area (Å²) < 4.78 is 0. The summed E-state index contributed by atoms with van der Waals surface area (Å²) in [7, 11) is 0. The van der Waals surface area contributed by atoms with Gasteiger partial charge in [-0.05, 0) is 61.8 Å². The van der Waals surface area contributed by atoms with E-state index in [0.717, 1.165) is 25.9 Å². The van der Waals surface area contributed by atoms with Gasteiger partial charge >= 0.3 is 0 Å². The Hall–Kier alpha value is -1.81. The van der Waals surface area contributed by atoms with Crippen molar-refractivity contribution in [1.82, 2.24) is 10.2 Å². The van der Waals surface area contributed by atoms with E-state index in [-0.39, 0.29) is 23.9 Å². The molecule has 0 saturated heterocycles. The average Bonchev–Trinajstić information content (AvgIpc) is 3.16. The number of nitrogens with one attached hydrogen (secondary N) is 2. The zero-order chi connectivity index (χ0) is 21.6. The van der Waals surface area contributed by atoms with E-state index in [0.29, 0.717) is 23.8 Å². The highest BCUT2D eigenvalue weighted by atomic mass is 16.2. The summed E-state index contributed by atoms with van der Waals surface area (Å²) in [4.78, 5) is 15.9. The number of carbonyl (C=O) groups excluding carboxylic acids is 1. The summed E-state index contributed by atoms with van der Waals surface area (Å²) in [6, 6.07) is 7.40. The lowest BCUT2D eigenvalue weighted by molar-refractivity contribution is -0.139. The molecule has 0 aromatic heterocycles. The van der Waals surface area contributed by atoms with Gasteiger partial charge in [0.1, 0.15) is 0 Å². The fraction of sp³-hybridized carbons (Fsp3) is 0.654. The molecule has 1 aromatic carbocycles. The van der Waals surface area contributed by atoms with Crippen LogP contribution in [0.1, 0.15) is 71.4 Å². The standard InChI is InChI=1S/C26H39N3O/c1-7-16(4)17(5)18(6)29(15(2)3)26(30)20-11-22-21-9-8-10-23-25(21)19(13-27-23)12-24(22)28-14-20/h8-11,15-20,24,27-28H,7,12-14H2,1-6H3/t16?,17?,18?,19?,20-,24-/m1/s1. The van der Waals surface area contributed by atoms with Gasteiger partial charge in [-0.1, -0.05) is 45.4 Å². The van der Waals surface area contributed by atoms with Gasteiger partial charge in [0.05, 0.1) is 5.92 Å². The Balaban J connectivity index is 1.63. The summed E-state index contributed by atoms with van der Waals surface area (Å²) in [5, 5.41) is 7.30. The molecule has 1 aromatic rings. The van der Waals surface area contributed by atoms with Gasteiger partial charge in [-0.3, -0.25) is 4.79 Å². The van der Waals surface area contributed by atoms with Crippen LogP contribution in [0.25, 0.3) is 5.57 Å². The van der Waals surface area contributed by atoms with Gasteiger partial charge in [0.15, 0.2) is 0 Å². The molecule has 2 aliphatic heterocycles. The maximum Gasteiger partial charge on any atom is 0.231 e. The van der Waals surface area contributed by atoms with Gasteiger partial charge in [-0.25, -0.2) is 0 Å². The molecule has 1 amide bonds. The topological polar surface area (TPSA) is 44.4 Å². The van der Waals surface area contributed by atoms with E-state index in [9.17, 15) is 4.79 Å². The zero-order valence-corrected chi connectivity index (χ0v) is 19.5. The lowest BCUT2D eigenvalue weighted by Crippen LogP contribution is -2.53. The first-order chi connectivity index (χ1) is 14.3. The first-order valence-electron chi connectivity index (χ1n) is 12.0. The van der Waals surface area contributed by atoms with Crippen molar-refractivity contribution in [2.45, 2.75) is 78.4 Å². The molecule has 0 spiro atoms. The van der Waals surface area contributed by atoms with Crippen molar-refractivity contribution in [3.63, 3.8) is 0 Å². The molecule has 3 aliphatic rings. The van der Waals surface area contributed by atoms with Crippen LogP contribution in [0.4, 0.5) is 5.69 Å². The summed E-state index contributed by atoms with van der Waals surface area (Å²) in [6.45, 7) is 15.2. The number of rotatable bonds is 6. The van der Waals surface area contributed by atoms with Crippen molar-refractivity contribution in [1.29, 1.82) is 0 Å². The highest BCUT2D eigenvalue weighted by Crippen LogP contribution is 2.46. The minimum absolute atomic E-state index is 0.0907. The quantitative estimate of drug-likeness (QED) is 0.704. The first-order valence-corrected chi connectivity index (χ1v) is 12.0. The van der Waals surface area contributed by atoms with Crippen LogP contribution in [0, 0.1) is 17.8 Å². The SMILES string of the molecule is CCC(C)C(C)C(C)N(C(=O)[C@@H]1C=C2c3cccc4c3C(CN4)C[C@H]2NC1)C(C)C. The van der Waals surface area contributed by atoms with E-state index in [4.69, 9.17) is 0 Å². The Bertz CT molecular complexity index is 830. The Labute approximate surface area is 182 Å². The van der Waals surface area contributed by atoms with Crippen molar-refractivity contribution < 1.29 is 4.79 Å². The predicted octanol–water partition coefficient (Wildman–Crippen LogP) is 4.88. The Kier molecular flexibility index (Phi) is 5.98.